The molecule has 29 heavy (non-hydrogen) atoms. The molecule has 148 valence electrons. The highest BCUT2D eigenvalue weighted by Crippen LogP contribution is 2.37. The summed E-state index contributed by atoms with van der Waals surface area (Å²) in [4.78, 5) is 15.3. The summed E-state index contributed by atoms with van der Waals surface area (Å²) in [5, 5.41) is 11.4. The number of phenols is 1. The van der Waals surface area contributed by atoms with E-state index in [2.05, 4.69) is 4.98 Å². The summed E-state index contributed by atoms with van der Waals surface area (Å²) >= 11 is 0. The lowest BCUT2D eigenvalue weighted by molar-refractivity contribution is -0.137. The van der Waals surface area contributed by atoms with Crippen LogP contribution in [0.25, 0.3) is 21.8 Å². The zero-order chi connectivity index (χ0) is 20.8. The van der Waals surface area contributed by atoms with Crippen LogP contribution in [0.2, 0.25) is 0 Å². The van der Waals surface area contributed by atoms with Gasteiger partial charge in [-0.15, -0.1) is 0 Å². The van der Waals surface area contributed by atoms with Crippen LogP contribution in [0.1, 0.15) is 27.0 Å². The van der Waals surface area contributed by atoms with Gasteiger partial charge >= 0.3 is 12.1 Å². The molecule has 7 heteroatoms. The van der Waals surface area contributed by atoms with Crippen molar-refractivity contribution in [1.29, 1.82) is 0 Å². The van der Waals surface area contributed by atoms with Crippen molar-refractivity contribution in [3.63, 3.8) is 0 Å². The van der Waals surface area contributed by atoms with E-state index in [0.717, 1.165) is 12.1 Å². The van der Waals surface area contributed by atoms with Crippen molar-refractivity contribution in [3.8, 4) is 5.75 Å². The number of aromatic hydroxyl groups is 1. The predicted molar refractivity (Wildman–Crippen MR) is 103 cm³/mol. The van der Waals surface area contributed by atoms with Crippen LogP contribution in [-0.4, -0.2) is 23.2 Å². The second-order valence-corrected chi connectivity index (χ2v) is 6.71. The zero-order valence-electron chi connectivity index (χ0n) is 15.3. The first kappa shape index (κ1) is 18.9. The average molecular weight is 399 g/mol. The summed E-state index contributed by atoms with van der Waals surface area (Å²) in [6.07, 6.45) is -4.20. The van der Waals surface area contributed by atoms with Crippen molar-refractivity contribution in [1.82, 2.24) is 4.98 Å². The number of phenolic OH excluding ortho intramolecular Hbond substituents is 1. The summed E-state index contributed by atoms with van der Waals surface area (Å²) < 4.78 is 43.9. The molecule has 0 radical (unpaired) electrons. The van der Waals surface area contributed by atoms with Gasteiger partial charge in [-0.3, -0.25) is 0 Å². The highest BCUT2D eigenvalue weighted by Gasteiger charge is 2.30. The number of aromatic nitrogens is 1. The van der Waals surface area contributed by atoms with Gasteiger partial charge in [0.2, 0.25) is 0 Å². The Kier molecular flexibility index (Phi) is 4.45. The van der Waals surface area contributed by atoms with Crippen LogP contribution < -0.4 is 0 Å². The van der Waals surface area contributed by atoms with Gasteiger partial charge in [-0.1, -0.05) is 30.3 Å². The molecule has 4 nitrogen and oxygen atoms in total. The molecule has 1 heterocycles. The summed E-state index contributed by atoms with van der Waals surface area (Å²) in [5.41, 5.74) is 1.95. The normalized spacial score (nSPS) is 11.9. The second-order valence-electron chi connectivity index (χ2n) is 6.71. The van der Waals surface area contributed by atoms with E-state index in [4.69, 9.17) is 4.74 Å². The molecule has 1 aromatic heterocycles. The van der Waals surface area contributed by atoms with Crippen molar-refractivity contribution in [2.45, 2.75) is 12.6 Å². The van der Waals surface area contributed by atoms with E-state index in [1.807, 2.05) is 0 Å². The number of rotatable bonds is 3. The first-order chi connectivity index (χ1) is 13.8. The molecule has 2 N–H and O–H groups in total. The Labute approximate surface area is 163 Å². The number of methoxy groups -OCH3 is 1. The van der Waals surface area contributed by atoms with Gasteiger partial charge in [0, 0.05) is 10.9 Å². The van der Waals surface area contributed by atoms with Gasteiger partial charge in [-0.2, -0.15) is 13.2 Å². The predicted octanol–water partition coefficient (Wildman–Crippen LogP) is 5.42. The third kappa shape index (κ3) is 3.29. The van der Waals surface area contributed by atoms with Crippen molar-refractivity contribution in [3.05, 3.63) is 76.9 Å². The Morgan fingerprint density at radius 2 is 1.83 bits per heavy atom. The fourth-order valence-corrected chi connectivity index (χ4v) is 3.60. The molecule has 3 aromatic carbocycles. The molecular formula is C22H16F3NO3. The van der Waals surface area contributed by atoms with E-state index in [9.17, 15) is 23.1 Å². The lowest BCUT2D eigenvalue weighted by atomic mass is 9.99. The molecule has 0 saturated heterocycles. The monoisotopic (exact) mass is 399 g/mol. The van der Waals surface area contributed by atoms with Crippen molar-refractivity contribution >= 4 is 27.8 Å². The standard InChI is InChI=1S/C22H16F3NO3/c1-29-21(28)15-6-3-7-16-18(15)19-17(27)9-8-13(20(19)26-16)10-12-4-2-5-14(11-12)22(23,24)25/h2-9,11,26-27H,10H2,1H3. The van der Waals surface area contributed by atoms with Crippen LogP contribution in [0.3, 0.4) is 0 Å². The van der Waals surface area contributed by atoms with Gasteiger partial charge in [0.25, 0.3) is 0 Å². The van der Waals surface area contributed by atoms with Crippen LogP contribution in [0.15, 0.2) is 54.6 Å². The van der Waals surface area contributed by atoms with Gasteiger partial charge in [-0.25, -0.2) is 4.79 Å². The van der Waals surface area contributed by atoms with E-state index in [0.29, 0.717) is 38.5 Å². The summed E-state index contributed by atoms with van der Waals surface area (Å²) in [7, 11) is 1.27. The van der Waals surface area contributed by atoms with Crippen LogP contribution in [0.5, 0.6) is 5.75 Å². The number of halogens is 3. The summed E-state index contributed by atoms with van der Waals surface area (Å²) in [6.45, 7) is 0. The maximum Gasteiger partial charge on any atom is 0.416 e. The van der Waals surface area contributed by atoms with Crippen LogP contribution in [-0.2, 0) is 17.3 Å². The van der Waals surface area contributed by atoms with Gasteiger partial charge < -0.3 is 14.8 Å². The van der Waals surface area contributed by atoms with E-state index in [1.165, 1.54) is 19.2 Å². The molecular weight excluding hydrogens is 383 g/mol. The molecule has 0 fully saturated rings. The number of hydrogen-bond donors (Lipinski definition) is 2. The Bertz CT molecular complexity index is 1240. The summed E-state index contributed by atoms with van der Waals surface area (Å²) in [5.74, 6) is -0.574. The Morgan fingerprint density at radius 1 is 1.07 bits per heavy atom. The molecule has 0 aliphatic heterocycles. The van der Waals surface area contributed by atoms with Crippen molar-refractivity contribution in [2.75, 3.05) is 7.11 Å². The highest BCUT2D eigenvalue weighted by molar-refractivity contribution is 6.19. The van der Waals surface area contributed by atoms with Gasteiger partial charge in [-0.05, 0) is 41.8 Å². The molecule has 4 aromatic rings. The average Bonchev–Trinajstić information content (AvgIpc) is 3.10. The number of hydrogen-bond acceptors (Lipinski definition) is 3. The van der Waals surface area contributed by atoms with E-state index < -0.39 is 17.7 Å². The Balaban J connectivity index is 1.89. The van der Waals surface area contributed by atoms with E-state index in [1.54, 1.807) is 30.3 Å². The maximum absolute atomic E-state index is 13.0. The number of benzene rings is 3. The topological polar surface area (TPSA) is 62.3 Å². The minimum atomic E-state index is -4.42. The van der Waals surface area contributed by atoms with Gasteiger partial charge in [0.05, 0.1) is 29.1 Å². The minimum Gasteiger partial charge on any atom is -0.507 e. The third-order valence-corrected chi connectivity index (χ3v) is 4.90. The molecule has 0 amide bonds. The van der Waals surface area contributed by atoms with Crippen molar-refractivity contribution in [2.24, 2.45) is 0 Å². The van der Waals surface area contributed by atoms with E-state index in [-0.39, 0.29) is 12.2 Å². The van der Waals surface area contributed by atoms with Crippen molar-refractivity contribution < 1.29 is 27.8 Å². The molecule has 0 unspecified atom stereocenters. The lowest BCUT2D eigenvalue weighted by Gasteiger charge is -2.10. The number of aromatic amines is 1. The number of alkyl halides is 3. The van der Waals surface area contributed by atoms with Gasteiger partial charge in [0.1, 0.15) is 5.75 Å². The number of ether oxygens (including phenoxy) is 1. The smallest absolute Gasteiger partial charge is 0.416 e. The number of carbonyl (C=O) groups is 1. The number of H-pyrrole nitrogens is 1. The van der Waals surface area contributed by atoms with Gasteiger partial charge in [0.15, 0.2) is 0 Å². The Hall–Kier alpha value is -3.48. The van der Waals surface area contributed by atoms with E-state index >= 15 is 0 Å². The maximum atomic E-state index is 13.0. The fourth-order valence-electron chi connectivity index (χ4n) is 3.60. The number of esters is 1. The molecule has 0 aliphatic rings. The first-order valence-electron chi connectivity index (χ1n) is 8.79. The molecule has 0 aliphatic carbocycles. The zero-order valence-corrected chi connectivity index (χ0v) is 15.3. The quantitative estimate of drug-likeness (QED) is 0.452. The lowest BCUT2D eigenvalue weighted by Crippen LogP contribution is -2.05. The molecule has 0 spiro atoms. The number of fused-ring (bicyclic) bond motifs is 3. The van der Waals surface area contributed by atoms with Crippen LogP contribution in [0, 0.1) is 0 Å². The third-order valence-electron chi connectivity index (χ3n) is 4.90. The highest BCUT2D eigenvalue weighted by atomic mass is 19.4. The largest absolute Gasteiger partial charge is 0.507 e. The SMILES string of the molecule is COC(=O)c1cccc2[nH]c3c(Cc4cccc(C(F)(F)F)c4)ccc(O)c3c12. The molecule has 4 rings (SSSR count). The fraction of sp³-hybridized carbons (Fsp3) is 0.136. The minimum absolute atomic E-state index is 0.0320. The molecule has 0 saturated carbocycles. The first-order valence-corrected chi connectivity index (χ1v) is 8.79. The Morgan fingerprint density at radius 3 is 2.55 bits per heavy atom. The van der Waals surface area contributed by atoms with Crippen LogP contribution >= 0.6 is 0 Å². The number of nitrogens with one attached hydrogen (secondary N) is 1. The summed E-state index contributed by atoms with van der Waals surface area (Å²) in [6, 6.07) is 13.3. The molecule has 0 bridgehead atoms. The number of carbonyl (C=O) groups excluding carboxylic acids is 1. The van der Waals surface area contributed by atoms with Crippen LogP contribution in [0.4, 0.5) is 13.2 Å². The molecule has 0 atom stereocenters. The second kappa shape index (κ2) is 6.84.